The van der Waals surface area contributed by atoms with Gasteiger partial charge in [0.15, 0.2) is 5.82 Å². The number of aliphatic hydroxyl groups is 1. The van der Waals surface area contributed by atoms with Crippen LogP contribution < -0.4 is 0 Å². The van der Waals surface area contributed by atoms with Crippen LogP contribution in [0.15, 0.2) is 6.33 Å². The average Bonchev–Trinajstić information content (AvgIpc) is 2.78. The van der Waals surface area contributed by atoms with Crippen molar-refractivity contribution in [2.75, 3.05) is 6.61 Å². The largest absolute Gasteiger partial charge is 0.388 e. The van der Waals surface area contributed by atoms with Crippen LogP contribution in [-0.4, -0.2) is 32.6 Å². The summed E-state index contributed by atoms with van der Waals surface area (Å²) < 4.78 is 7.63. The highest BCUT2D eigenvalue weighted by Crippen LogP contribution is 2.20. The summed E-state index contributed by atoms with van der Waals surface area (Å²) in [6.07, 6.45) is 8.38. The van der Waals surface area contributed by atoms with Crippen molar-refractivity contribution in [2.24, 2.45) is 0 Å². The van der Waals surface area contributed by atoms with Crippen LogP contribution in [0, 0.1) is 0 Å². The van der Waals surface area contributed by atoms with Gasteiger partial charge >= 0.3 is 0 Å². The lowest BCUT2D eigenvalue weighted by molar-refractivity contribution is 0.0234. The van der Waals surface area contributed by atoms with Crippen LogP contribution in [0.4, 0.5) is 0 Å². The highest BCUT2D eigenvalue weighted by Gasteiger charge is 2.13. The number of hydrogen-bond donors (Lipinski definition) is 1. The van der Waals surface area contributed by atoms with Gasteiger partial charge in [0, 0.05) is 6.54 Å². The third-order valence-electron chi connectivity index (χ3n) is 3.08. The summed E-state index contributed by atoms with van der Waals surface area (Å²) in [5, 5.41) is 16.6. The first-order valence-electron chi connectivity index (χ1n) is 5.99. The minimum Gasteiger partial charge on any atom is -0.388 e. The minimum atomic E-state index is -0.0660. The Morgan fingerprint density at radius 3 is 2.94 bits per heavy atom. The van der Waals surface area contributed by atoms with E-state index >= 15 is 0 Å². The van der Waals surface area contributed by atoms with Gasteiger partial charge in [-0.2, -0.15) is 0 Å². The van der Waals surface area contributed by atoms with E-state index in [0.29, 0.717) is 18.5 Å². The molecule has 1 aliphatic rings. The van der Waals surface area contributed by atoms with Crippen LogP contribution >= 0.6 is 0 Å². The van der Waals surface area contributed by atoms with E-state index in [1.165, 1.54) is 32.1 Å². The third kappa shape index (κ3) is 3.02. The van der Waals surface area contributed by atoms with E-state index in [0.717, 1.165) is 6.54 Å². The molecule has 5 heteroatoms. The molecule has 1 heterocycles. The van der Waals surface area contributed by atoms with Gasteiger partial charge in [-0.1, -0.05) is 19.3 Å². The Kier molecular flexibility index (Phi) is 4.30. The maximum absolute atomic E-state index is 8.99. The molecule has 1 saturated carbocycles. The summed E-state index contributed by atoms with van der Waals surface area (Å²) in [6, 6.07) is 0. The first-order valence-corrected chi connectivity index (χ1v) is 5.99. The fraction of sp³-hybridized carbons (Fsp3) is 0.818. The second kappa shape index (κ2) is 5.96. The second-order valence-corrected chi connectivity index (χ2v) is 4.23. The number of ether oxygens (including phenoxy) is 1. The first kappa shape index (κ1) is 11.5. The van der Waals surface area contributed by atoms with Crippen molar-refractivity contribution in [2.45, 2.75) is 51.4 Å². The number of nitrogens with zero attached hydrogens (tertiary/aromatic N) is 3. The summed E-state index contributed by atoms with van der Waals surface area (Å²) in [5.41, 5.74) is 0. The maximum atomic E-state index is 8.99. The van der Waals surface area contributed by atoms with Gasteiger partial charge < -0.3 is 14.4 Å². The van der Waals surface area contributed by atoms with E-state index in [4.69, 9.17) is 9.84 Å². The number of aliphatic hydroxyl groups excluding tert-OH is 1. The molecule has 1 aliphatic carbocycles. The molecule has 1 fully saturated rings. The van der Waals surface area contributed by atoms with Gasteiger partial charge in [-0.05, 0) is 12.8 Å². The van der Waals surface area contributed by atoms with Crippen molar-refractivity contribution in [3.05, 3.63) is 12.2 Å². The number of aromatic nitrogens is 3. The first-order chi connectivity index (χ1) is 7.90. The van der Waals surface area contributed by atoms with Gasteiger partial charge in [0.25, 0.3) is 0 Å². The molecule has 90 valence electrons. The molecule has 2 rings (SSSR count). The standard InChI is InChI=1S/C11H19N3O2/c15-8-11-13-12-9-14(11)6-7-16-10-4-2-1-3-5-10/h9-10,15H,1-8H2. The third-order valence-corrected chi connectivity index (χ3v) is 3.08. The molecule has 0 unspecified atom stereocenters. The molecule has 0 aliphatic heterocycles. The Morgan fingerprint density at radius 2 is 2.19 bits per heavy atom. The van der Waals surface area contributed by atoms with Gasteiger partial charge in [-0.3, -0.25) is 0 Å². The zero-order valence-electron chi connectivity index (χ0n) is 9.51. The molecule has 1 aromatic heterocycles. The topological polar surface area (TPSA) is 60.2 Å². The Bertz CT molecular complexity index is 308. The van der Waals surface area contributed by atoms with Crippen LogP contribution in [-0.2, 0) is 17.9 Å². The zero-order valence-corrected chi connectivity index (χ0v) is 9.51. The monoisotopic (exact) mass is 225 g/mol. The minimum absolute atomic E-state index is 0.0660. The molecule has 0 atom stereocenters. The van der Waals surface area contributed by atoms with E-state index in [-0.39, 0.29) is 6.61 Å². The molecule has 1 aromatic rings. The fourth-order valence-corrected chi connectivity index (χ4v) is 2.14. The van der Waals surface area contributed by atoms with E-state index in [1.54, 1.807) is 6.33 Å². The van der Waals surface area contributed by atoms with Crippen molar-refractivity contribution in [3.63, 3.8) is 0 Å². The van der Waals surface area contributed by atoms with E-state index in [2.05, 4.69) is 10.2 Å². The highest BCUT2D eigenvalue weighted by molar-refractivity contribution is 4.82. The van der Waals surface area contributed by atoms with Crippen LogP contribution in [0.25, 0.3) is 0 Å². The second-order valence-electron chi connectivity index (χ2n) is 4.23. The summed E-state index contributed by atoms with van der Waals surface area (Å²) in [4.78, 5) is 0. The molecule has 0 saturated heterocycles. The molecule has 0 spiro atoms. The summed E-state index contributed by atoms with van der Waals surface area (Å²) >= 11 is 0. The van der Waals surface area contributed by atoms with Crippen LogP contribution in [0.2, 0.25) is 0 Å². The Morgan fingerprint density at radius 1 is 1.38 bits per heavy atom. The molecular formula is C11H19N3O2. The zero-order chi connectivity index (χ0) is 11.2. The predicted molar refractivity (Wildman–Crippen MR) is 58.8 cm³/mol. The van der Waals surface area contributed by atoms with Crippen molar-refractivity contribution in [1.29, 1.82) is 0 Å². The van der Waals surface area contributed by atoms with E-state index < -0.39 is 0 Å². The molecule has 0 amide bonds. The van der Waals surface area contributed by atoms with Gasteiger partial charge in [-0.15, -0.1) is 10.2 Å². The summed E-state index contributed by atoms with van der Waals surface area (Å²) in [5.74, 6) is 0.604. The molecule has 0 bridgehead atoms. The normalized spacial score (nSPS) is 17.8. The predicted octanol–water partition coefficient (Wildman–Crippen LogP) is 1.12. The van der Waals surface area contributed by atoms with Gasteiger partial charge in [0.05, 0.1) is 12.7 Å². The van der Waals surface area contributed by atoms with Crippen LogP contribution in [0.5, 0.6) is 0 Å². The maximum Gasteiger partial charge on any atom is 0.158 e. The van der Waals surface area contributed by atoms with Crippen molar-refractivity contribution < 1.29 is 9.84 Å². The summed E-state index contributed by atoms with van der Waals surface area (Å²) in [7, 11) is 0. The number of hydrogen-bond acceptors (Lipinski definition) is 4. The molecule has 16 heavy (non-hydrogen) atoms. The Balaban J connectivity index is 1.71. The van der Waals surface area contributed by atoms with Crippen LogP contribution in [0.3, 0.4) is 0 Å². The average molecular weight is 225 g/mol. The van der Waals surface area contributed by atoms with Crippen molar-refractivity contribution in [1.82, 2.24) is 14.8 Å². The Labute approximate surface area is 95.4 Å². The van der Waals surface area contributed by atoms with Crippen molar-refractivity contribution in [3.8, 4) is 0 Å². The lowest BCUT2D eigenvalue weighted by Crippen LogP contribution is -2.19. The van der Waals surface area contributed by atoms with Gasteiger partial charge in [0.2, 0.25) is 0 Å². The quantitative estimate of drug-likeness (QED) is 0.815. The Hall–Kier alpha value is -0.940. The van der Waals surface area contributed by atoms with E-state index in [1.807, 2.05) is 4.57 Å². The molecule has 0 aromatic carbocycles. The highest BCUT2D eigenvalue weighted by atomic mass is 16.5. The smallest absolute Gasteiger partial charge is 0.158 e. The molecule has 5 nitrogen and oxygen atoms in total. The molecule has 0 radical (unpaired) electrons. The lowest BCUT2D eigenvalue weighted by atomic mass is 9.98. The summed E-state index contributed by atoms with van der Waals surface area (Å²) in [6.45, 7) is 1.33. The molecular weight excluding hydrogens is 206 g/mol. The van der Waals surface area contributed by atoms with Crippen LogP contribution in [0.1, 0.15) is 37.9 Å². The van der Waals surface area contributed by atoms with E-state index in [9.17, 15) is 0 Å². The van der Waals surface area contributed by atoms with Gasteiger partial charge in [-0.25, -0.2) is 0 Å². The van der Waals surface area contributed by atoms with Crippen molar-refractivity contribution >= 4 is 0 Å². The molecule has 1 N–H and O–H groups in total. The van der Waals surface area contributed by atoms with Gasteiger partial charge in [0.1, 0.15) is 12.9 Å². The fourth-order valence-electron chi connectivity index (χ4n) is 2.14. The SMILES string of the molecule is OCc1nncn1CCOC1CCCCC1. The number of rotatable bonds is 5. The lowest BCUT2D eigenvalue weighted by Gasteiger charge is -2.22.